The van der Waals surface area contributed by atoms with Gasteiger partial charge in [-0.3, -0.25) is 27.1 Å². The minimum Gasteiger partial charge on any atom is -0.412 e. The molecule has 0 spiro atoms. The Balaban J connectivity index is 0. The van der Waals surface area contributed by atoms with Crippen molar-refractivity contribution < 1.29 is 119 Å². The van der Waals surface area contributed by atoms with Crippen molar-refractivity contribution in [1.29, 1.82) is 0 Å². The first kappa shape index (κ1) is 41.8. The maximum absolute atomic E-state index is 11.4. The summed E-state index contributed by atoms with van der Waals surface area (Å²) in [7, 11) is -36.1. The van der Waals surface area contributed by atoms with E-state index in [-0.39, 0.29) is 35.0 Å². The zero-order valence-corrected chi connectivity index (χ0v) is 25.3. The number of hydrogen-bond acceptors (Lipinski definition) is 12. The average Bonchev–Trinajstić information content (AvgIpc) is 2.51. The predicted molar refractivity (Wildman–Crippen MR) is 111 cm³/mol. The molecule has 1 radical (unpaired) electrons. The molecule has 1 fully saturated rings. The Labute approximate surface area is 231 Å². The van der Waals surface area contributed by atoms with Crippen molar-refractivity contribution in [1.82, 2.24) is 0 Å². The second-order valence-electron chi connectivity index (χ2n) is 6.36. The van der Waals surface area contributed by atoms with Gasteiger partial charge in [0.1, 0.15) is 36.6 Å². The molecule has 25 nitrogen and oxygen atoms in total. The van der Waals surface area contributed by atoms with Gasteiger partial charge < -0.3 is 64.2 Å². The van der Waals surface area contributed by atoms with Gasteiger partial charge in [-0.25, -0.2) is 27.4 Å². The van der Waals surface area contributed by atoms with Crippen LogP contribution in [0.4, 0.5) is 0 Å². The zero-order valence-electron chi connectivity index (χ0n) is 17.9. The summed E-state index contributed by atoms with van der Waals surface area (Å²) < 4.78 is 93.1. The Bertz CT molecular complexity index is 825. The average molecular weight is 701 g/mol. The summed E-state index contributed by atoms with van der Waals surface area (Å²) >= 11 is 0. The van der Waals surface area contributed by atoms with E-state index in [2.05, 4.69) is 27.1 Å². The molecule has 0 aromatic heterocycles. The molecular weight excluding hydrogens is 681 g/mol. The molecule has 0 aromatic carbocycles. The summed E-state index contributed by atoms with van der Waals surface area (Å²) in [6, 6.07) is 0. The Kier molecular flexibility index (Phi) is 15.8. The van der Waals surface area contributed by atoms with Gasteiger partial charge in [0.05, 0.1) is 0 Å². The minimum absolute atomic E-state index is 0. The molecule has 1 rings (SSSR count). The van der Waals surface area contributed by atoms with Crippen LogP contribution in [0.3, 0.4) is 0 Å². The van der Waals surface area contributed by atoms with Gasteiger partial charge in [-0.2, -0.15) is 0 Å². The Morgan fingerprint density at radius 2 is 0.395 bits per heavy atom. The van der Waals surface area contributed by atoms with E-state index in [0.29, 0.717) is 0 Å². The molecule has 1 saturated carbocycles. The molecule has 0 heterocycles. The van der Waals surface area contributed by atoms with Crippen molar-refractivity contribution in [2.24, 2.45) is 0 Å². The summed E-state index contributed by atoms with van der Waals surface area (Å²) in [5, 5.41) is 0. The van der Waals surface area contributed by atoms with Crippen LogP contribution in [0.2, 0.25) is 0 Å². The van der Waals surface area contributed by atoms with Gasteiger partial charge in [-0.1, -0.05) is 0 Å². The van der Waals surface area contributed by atoms with Crippen LogP contribution in [0.15, 0.2) is 0 Å². The van der Waals surface area contributed by atoms with Crippen molar-refractivity contribution in [3.63, 3.8) is 0 Å². The quantitative estimate of drug-likeness (QED) is 0.0675. The second kappa shape index (κ2) is 14.4. The summed E-state index contributed by atoms with van der Waals surface area (Å²) in [5.41, 5.74) is 0. The monoisotopic (exact) mass is 701 g/mol. The van der Waals surface area contributed by atoms with Crippen LogP contribution in [-0.4, -0.2) is 130 Å². The van der Waals surface area contributed by atoms with Crippen molar-refractivity contribution >= 4 is 76.5 Å². The predicted octanol–water partition coefficient (Wildman–Crippen LogP) is -4.34. The molecule has 0 unspecified atom stereocenters. The molecule has 0 bridgehead atoms. The van der Waals surface area contributed by atoms with Gasteiger partial charge in [-0.15, -0.1) is 0 Å². The number of rotatable bonds is 12. The van der Waals surface area contributed by atoms with E-state index in [1.165, 1.54) is 0 Å². The van der Waals surface area contributed by atoms with Crippen molar-refractivity contribution in [3.8, 4) is 0 Å². The summed E-state index contributed by atoms with van der Waals surface area (Å²) in [6.07, 6.45) is -18.9. The van der Waals surface area contributed by atoms with E-state index in [0.717, 1.165) is 0 Å². The molecule has 0 aliphatic heterocycles. The van der Waals surface area contributed by atoms with Crippen LogP contribution in [0.5, 0.6) is 0 Å². The van der Waals surface area contributed by atoms with Gasteiger partial charge in [0, 0.05) is 29.6 Å². The van der Waals surface area contributed by atoms with E-state index >= 15 is 0 Å². The van der Waals surface area contributed by atoms with Crippen LogP contribution < -0.4 is 0 Å². The van der Waals surface area contributed by atoms with Crippen LogP contribution >= 0.6 is 46.9 Å². The van der Waals surface area contributed by atoms with Crippen LogP contribution in [0, 0.1) is 0 Å². The van der Waals surface area contributed by atoms with Crippen LogP contribution in [0.25, 0.3) is 0 Å². The van der Waals surface area contributed by atoms with Crippen LogP contribution in [0.1, 0.15) is 0 Å². The maximum atomic E-state index is 11.4. The van der Waals surface area contributed by atoms with Gasteiger partial charge >= 0.3 is 46.9 Å². The number of phosphoric ester groups is 6. The van der Waals surface area contributed by atoms with E-state index in [1.54, 1.807) is 0 Å². The third-order valence-electron chi connectivity index (χ3n) is 3.50. The van der Waals surface area contributed by atoms with E-state index in [9.17, 15) is 27.4 Å². The molecule has 0 saturated heterocycles. The fraction of sp³-hybridized carbons (Fsp3) is 1.00. The van der Waals surface area contributed by atoms with E-state index in [4.69, 9.17) is 58.7 Å². The van der Waals surface area contributed by atoms with E-state index in [1.807, 2.05) is 0 Å². The van der Waals surface area contributed by atoms with Gasteiger partial charge in [0.25, 0.3) is 0 Å². The topological polar surface area (TPSA) is 432 Å². The fourth-order valence-electron chi connectivity index (χ4n) is 2.79. The minimum atomic E-state index is -6.02. The summed E-state index contributed by atoms with van der Waals surface area (Å²) in [4.78, 5) is 110. The third-order valence-corrected chi connectivity index (χ3v) is 6.61. The molecule has 0 amide bonds. The van der Waals surface area contributed by atoms with Gasteiger partial charge in [0.15, 0.2) is 0 Å². The zero-order chi connectivity index (χ0) is 28.7. The van der Waals surface area contributed by atoms with Crippen molar-refractivity contribution in [3.05, 3.63) is 0 Å². The first-order chi connectivity index (χ1) is 15.6. The summed E-state index contributed by atoms with van der Waals surface area (Å²) in [5.74, 6) is 0. The number of phosphoric acid groups is 6. The Hall–Kier alpha value is 1.62. The SMILES string of the molecule is O.O=P(O)(O)OC1C(OP(=O)(O)O)C(OP(=O)(O)O)C(OP(=O)(O)O)C(OP(=O)(O)O)C1OP(=O)(O)O.[Na]. The molecule has 38 heavy (non-hydrogen) atoms. The van der Waals surface area contributed by atoms with Crippen LogP contribution in [-0.2, 0) is 54.5 Å². The van der Waals surface area contributed by atoms with Gasteiger partial charge in [0.2, 0.25) is 0 Å². The fourth-order valence-corrected chi connectivity index (χ4v) is 6.14. The molecule has 0 atom stereocenters. The molecule has 0 aromatic rings. The molecule has 32 heteroatoms. The van der Waals surface area contributed by atoms with Crippen molar-refractivity contribution in [2.45, 2.75) is 36.6 Å². The normalized spacial score (nSPS) is 27.8. The largest absolute Gasteiger partial charge is 0.470 e. The molecule has 225 valence electrons. The Morgan fingerprint density at radius 1 is 0.316 bits per heavy atom. The molecule has 14 N–H and O–H groups in total. The smallest absolute Gasteiger partial charge is 0.412 e. The molecular formula is C6H20NaO25P6. The van der Waals surface area contributed by atoms with Crippen molar-refractivity contribution in [2.75, 3.05) is 0 Å². The molecule has 1 aliphatic carbocycles. The van der Waals surface area contributed by atoms with Gasteiger partial charge in [-0.05, 0) is 0 Å². The number of hydrogen-bond donors (Lipinski definition) is 12. The standard InChI is InChI=1S/C6H18O24P6.Na.H2O/c7-31(8,9)25-1-2(26-32(10,11)12)4(28-34(16,17)18)6(30-36(22,23)24)5(29-35(19,20)21)3(1)27-33(13,14)15;;/h1-6H,(H2,7,8,9)(H2,10,11,12)(H2,13,14,15)(H2,16,17,18)(H2,19,20,21)(H2,22,23,24);;1H2. The van der Waals surface area contributed by atoms with E-state index < -0.39 is 83.6 Å². The third kappa shape index (κ3) is 16.3. The summed E-state index contributed by atoms with van der Waals surface area (Å²) in [6.45, 7) is 0. The Morgan fingerprint density at radius 3 is 0.447 bits per heavy atom. The first-order valence-electron chi connectivity index (χ1n) is 8.01. The second-order valence-corrected chi connectivity index (χ2v) is 13.5. The first-order valence-corrected chi connectivity index (χ1v) is 17.2. The molecule has 1 aliphatic rings. The maximum Gasteiger partial charge on any atom is 0.470 e.